The van der Waals surface area contributed by atoms with Crippen LogP contribution in [0, 0.1) is 24.6 Å². The number of aryl methyl sites for hydroxylation is 2. The molecule has 2 unspecified atom stereocenters. The van der Waals surface area contributed by atoms with E-state index in [1.54, 1.807) is 12.1 Å². The van der Waals surface area contributed by atoms with E-state index in [-0.39, 0.29) is 5.82 Å². The predicted molar refractivity (Wildman–Crippen MR) is 69.6 cm³/mol. The molecule has 1 N–H and O–H groups in total. The van der Waals surface area contributed by atoms with Crippen molar-refractivity contribution >= 4 is 0 Å². The van der Waals surface area contributed by atoms with Crippen LogP contribution in [-0.2, 0) is 6.42 Å². The van der Waals surface area contributed by atoms with Crippen molar-refractivity contribution in [3.8, 4) is 0 Å². The summed E-state index contributed by atoms with van der Waals surface area (Å²) in [5.41, 5.74) is 2.38. The van der Waals surface area contributed by atoms with Crippen LogP contribution in [0.15, 0.2) is 18.2 Å². The van der Waals surface area contributed by atoms with Gasteiger partial charge in [-0.25, -0.2) is 4.39 Å². The molecule has 0 aliphatic carbocycles. The number of benzene rings is 1. The Morgan fingerprint density at radius 1 is 1.41 bits per heavy atom. The highest BCUT2D eigenvalue weighted by Crippen LogP contribution is 2.24. The number of piperidine rings is 1. The van der Waals surface area contributed by atoms with Gasteiger partial charge in [0.2, 0.25) is 0 Å². The molecule has 1 nitrogen and oxygen atoms in total. The molecule has 0 saturated carbocycles. The molecule has 1 aliphatic heterocycles. The van der Waals surface area contributed by atoms with Gasteiger partial charge in [-0.3, -0.25) is 0 Å². The first kappa shape index (κ1) is 12.6. The monoisotopic (exact) mass is 235 g/mol. The molecule has 1 aliphatic rings. The molecule has 0 spiro atoms. The Balaban J connectivity index is 1.92. The first-order valence-electron chi connectivity index (χ1n) is 6.62. The smallest absolute Gasteiger partial charge is 0.123 e. The van der Waals surface area contributed by atoms with Gasteiger partial charge >= 0.3 is 0 Å². The Labute approximate surface area is 103 Å². The number of hydrogen-bond donors (Lipinski definition) is 1. The lowest BCUT2D eigenvalue weighted by Crippen LogP contribution is -2.35. The fourth-order valence-electron chi connectivity index (χ4n) is 2.72. The largest absolute Gasteiger partial charge is 0.316 e. The fourth-order valence-corrected chi connectivity index (χ4v) is 2.72. The van der Waals surface area contributed by atoms with Crippen LogP contribution in [0.4, 0.5) is 4.39 Å². The summed E-state index contributed by atoms with van der Waals surface area (Å²) in [7, 11) is 0. The van der Waals surface area contributed by atoms with Crippen molar-refractivity contribution in [1.29, 1.82) is 0 Å². The van der Waals surface area contributed by atoms with Crippen LogP contribution in [0.2, 0.25) is 0 Å². The van der Waals surface area contributed by atoms with Gasteiger partial charge in [0, 0.05) is 0 Å². The van der Waals surface area contributed by atoms with Crippen LogP contribution in [0.1, 0.15) is 30.9 Å². The van der Waals surface area contributed by atoms with Crippen LogP contribution in [-0.4, -0.2) is 13.1 Å². The lowest BCUT2D eigenvalue weighted by Gasteiger charge is -2.29. The van der Waals surface area contributed by atoms with E-state index in [0.29, 0.717) is 0 Å². The Kier molecular flexibility index (Phi) is 4.16. The molecule has 0 amide bonds. The quantitative estimate of drug-likeness (QED) is 0.847. The highest BCUT2D eigenvalue weighted by atomic mass is 19.1. The summed E-state index contributed by atoms with van der Waals surface area (Å²) in [6.45, 7) is 6.65. The molecule has 1 aromatic rings. The minimum Gasteiger partial charge on any atom is -0.316 e. The molecule has 0 bridgehead atoms. The predicted octanol–water partition coefficient (Wildman–Crippen LogP) is 3.31. The second kappa shape index (κ2) is 5.63. The Morgan fingerprint density at radius 2 is 2.24 bits per heavy atom. The van der Waals surface area contributed by atoms with E-state index in [1.807, 2.05) is 13.0 Å². The van der Waals surface area contributed by atoms with Crippen molar-refractivity contribution in [2.24, 2.45) is 11.8 Å². The molecule has 0 radical (unpaired) electrons. The summed E-state index contributed by atoms with van der Waals surface area (Å²) in [5, 5.41) is 3.47. The second-order valence-corrected chi connectivity index (χ2v) is 5.34. The Morgan fingerprint density at radius 3 is 2.94 bits per heavy atom. The van der Waals surface area contributed by atoms with Crippen molar-refractivity contribution in [1.82, 2.24) is 5.32 Å². The van der Waals surface area contributed by atoms with Gasteiger partial charge in [0.1, 0.15) is 5.82 Å². The summed E-state index contributed by atoms with van der Waals surface area (Å²) >= 11 is 0. The maximum atomic E-state index is 13.0. The van der Waals surface area contributed by atoms with Crippen molar-refractivity contribution < 1.29 is 4.39 Å². The molecule has 1 heterocycles. The topological polar surface area (TPSA) is 12.0 Å². The summed E-state index contributed by atoms with van der Waals surface area (Å²) in [6.07, 6.45) is 3.57. The standard InChI is InChI=1S/C15H22FN/c1-11-7-8-17-10-14(11)4-3-13-5-6-15(16)9-12(13)2/h5-6,9,11,14,17H,3-4,7-8,10H2,1-2H3. The highest BCUT2D eigenvalue weighted by molar-refractivity contribution is 5.26. The third-order valence-corrected chi connectivity index (χ3v) is 4.08. The van der Waals surface area contributed by atoms with Crippen LogP contribution in [0.3, 0.4) is 0 Å². The van der Waals surface area contributed by atoms with Crippen molar-refractivity contribution in [3.63, 3.8) is 0 Å². The van der Waals surface area contributed by atoms with Crippen molar-refractivity contribution in [2.45, 2.75) is 33.1 Å². The number of halogens is 1. The highest BCUT2D eigenvalue weighted by Gasteiger charge is 2.20. The summed E-state index contributed by atoms with van der Waals surface area (Å²) in [4.78, 5) is 0. The molecule has 94 valence electrons. The number of nitrogens with one attached hydrogen (secondary N) is 1. The van der Waals surface area contributed by atoms with Crippen LogP contribution < -0.4 is 5.32 Å². The van der Waals surface area contributed by atoms with Crippen LogP contribution in [0.5, 0.6) is 0 Å². The van der Waals surface area contributed by atoms with Gasteiger partial charge in [0.25, 0.3) is 0 Å². The van der Waals surface area contributed by atoms with Crippen molar-refractivity contribution in [3.05, 3.63) is 35.1 Å². The molecule has 2 heteroatoms. The molecule has 2 rings (SSSR count). The molecule has 2 atom stereocenters. The van der Waals surface area contributed by atoms with Gasteiger partial charge in [-0.05, 0) is 74.4 Å². The zero-order valence-electron chi connectivity index (χ0n) is 10.8. The van der Waals surface area contributed by atoms with E-state index in [4.69, 9.17) is 0 Å². The third-order valence-electron chi connectivity index (χ3n) is 4.08. The summed E-state index contributed by atoms with van der Waals surface area (Å²) in [6, 6.07) is 5.15. The zero-order chi connectivity index (χ0) is 12.3. The minimum atomic E-state index is -0.126. The zero-order valence-corrected chi connectivity index (χ0v) is 10.8. The average Bonchev–Trinajstić information content (AvgIpc) is 2.30. The molecule has 17 heavy (non-hydrogen) atoms. The van der Waals surface area contributed by atoms with Crippen LogP contribution >= 0.6 is 0 Å². The van der Waals surface area contributed by atoms with Gasteiger partial charge in [-0.2, -0.15) is 0 Å². The lowest BCUT2D eigenvalue weighted by atomic mass is 9.83. The van der Waals surface area contributed by atoms with Gasteiger partial charge in [0.05, 0.1) is 0 Å². The Hall–Kier alpha value is -0.890. The van der Waals surface area contributed by atoms with E-state index in [2.05, 4.69) is 12.2 Å². The third kappa shape index (κ3) is 3.29. The first-order valence-corrected chi connectivity index (χ1v) is 6.62. The fraction of sp³-hybridized carbons (Fsp3) is 0.600. The lowest BCUT2D eigenvalue weighted by molar-refractivity contribution is 0.260. The molecule has 1 saturated heterocycles. The first-order chi connectivity index (χ1) is 8.16. The maximum Gasteiger partial charge on any atom is 0.123 e. The van der Waals surface area contributed by atoms with Gasteiger partial charge < -0.3 is 5.32 Å². The number of hydrogen-bond acceptors (Lipinski definition) is 1. The van der Waals surface area contributed by atoms with Gasteiger partial charge in [-0.1, -0.05) is 13.0 Å². The maximum absolute atomic E-state index is 13.0. The SMILES string of the molecule is Cc1cc(F)ccc1CCC1CNCCC1C. The number of rotatable bonds is 3. The summed E-state index contributed by atoms with van der Waals surface area (Å²) < 4.78 is 13.0. The van der Waals surface area contributed by atoms with Gasteiger partial charge in [0.15, 0.2) is 0 Å². The molecular weight excluding hydrogens is 213 g/mol. The molecule has 1 aromatic carbocycles. The molecular formula is C15H22FN. The van der Waals surface area contributed by atoms with E-state index < -0.39 is 0 Å². The molecule has 1 fully saturated rings. The van der Waals surface area contributed by atoms with Crippen molar-refractivity contribution in [2.75, 3.05) is 13.1 Å². The van der Waals surface area contributed by atoms with E-state index in [0.717, 1.165) is 36.9 Å². The van der Waals surface area contributed by atoms with Gasteiger partial charge in [-0.15, -0.1) is 0 Å². The normalized spacial score (nSPS) is 24.9. The van der Waals surface area contributed by atoms with E-state index in [9.17, 15) is 4.39 Å². The summed E-state index contributed by atoms with van der Waals surface area (Å²) in [5.74, 6) is 1.46. The second-order valence-electron chi connectivity index (χ2n) is 5.34. The Bertz CT molecular complexity index is 375. The average molecular weight is 235 g/mol. The van der Waals surface area contributed by atoms with E-state index >= 15 is 0 Å². The minimum absolute atomic E-state index is 0.126. The molecule has 0 aromatic heterocycles. The van der Waals surface area contributed by atoms with E-state index in [1.165, 1.54) is 18.4 Å². The van der Waals surface area contributed by atoms with Crippen LogP contribution in [0.25, 0.3) is 0 Å².